The van der Waals surface area contributed by atoms with Gasteiger partial charge >= 0.3 is 0 Å². The first-order chi connectivity index (χ1) is 19.5. The summed E-state index contributed by atoms with van der Waals surface area (Å²) in [6.45, 7) is 5.67. The van der Waals surface area contributed by atoms with E-state index in [0.29, 0.717) is 39.3 Å². The molecule has 0 unspecified atom stereocenters. The number of anilines is 1. The van der Waals surface area contributed by atoms with E-state index in [2.05, 4.69) is 5.32 Å². The van der Waals surface area contributed by atoms with Gasteiger partial charge in [-0.1, -0.05) is 78.8 Å². The second-order valence-corrected chi connectivity index (χ2v) is 12.8. The maximum absolute atomic E-state index is 14.1. The molecule has 0 aliphatic rings. The first kappa shape index (κ1) is 32.7. The summed E-state index contributed by atoms with van der Waals surface area (Å²) in [4.78, 5) is 28.7. The van der Waals surface area contributed by atoms with E-state index in [9.17, 15) is 18.0 Å². The fourth-order valence-corrected chi connectivity index (χ4v) is 6.09. The second-order valence-electron chi connectivity index (χ2n) is 9.64. The molecule has 3 rings (SSSR count). The third-order valence-electron chi connectivity index (χ3n) is 6.55. The molecule has 0 heterocycles. The molecule has 0 bridgehead atoms. The molecular weight excluding hydrogens is 605 g/mol. The zero-order valence-corrected chi connectivity index (χ0v) is 26.3. The molecule has 0 fully saturated rings. The number of hydrogen-bond donors (Lipinski definition) is 1. The number of hydrogen-bond acceptors (Lipinski definition) is 4. The highest BCUT2D eigenvalue weighted by atomic mass is 35.5. The normalized spacial score (nSPS) is 12.0. The number of halogens is 3. The maximum atomic E-state index is 14.1. The van der Waals surface area contributed by atoms with Crippen LogP contribution in [0.1, 0.15) is 44.2 Å². The Hall–Kier alpha value is -2.78. The van der Waals surface area contributed by atoms with Crippen LogP contribution in [0.2, 0.25) is 15.1 Å². The topological polar surface area (TPSA) is 86.8 Å². The van der Waals surface area contributed by atoms with E-state index in [1.54, 1.807) is 49.4 Å². The Morgan fingerprint density at radius 1 is 0.902 bits per heavy atom. The van der Waals surface area contributed by atoms with Gasteiger partial charge in [-0.15, -0.1) is 0 Å². The predicted octanol–water partition coefficient (Wildman–Crippen LogP) is 6.87. The minimum atomic E-state index is -4.18. The van der Waals surface area contributed by atoms with E-state index in [1.807, 2.05) is 13.8 Å². The summed E-state index contributed by atoms with van der Waals surface area (Å²) in [6.07, 6.45) is 2.01. The van der Waals surface area contributed by atoms with Crippen LogP contribution in [-0.2, 0) is 26.2 Å². The number of carbonyl (C=O) groups is 2. The Kier molecular flexibility index (Phi) is 11.9. The number of benzene rings is 3. The summed E-state index contributed by atoms with van der Waals surface area (Å²) in [6, 6.07) is 16.7. The third kappa shape index (κ3) is 8.61. The largest absolute Gasteiger partial charge is 0.354 e. The van der Waals surface area contributed by atoms with Crippen LogP contribution in [0.15, 0.2) is 71.6 Å². The first-order valence-electron chi connectivity index (χ1n) is 13.3. The summed E-state index contributed by atoms with van der Waals surface area (Å²) >= 11 is 18.3. The molecule has 0 saturated carbocycles. The van der Waals surface area contributed by atoms with Crippen molar-refractivity contribution in [2.24, 2.45) is 0 Å². The number of sulfonamides is 1. The van der Waals surface area contributed by atoms with Gasteiger partial charge in [-0.2, -0.15) is 0 Å². The second kappa shape index (κ2) is 14.9. The Morgan fingerprint density at radius 2 is 1.56 bits per heavy atom. The fourth-order valence-electron chi connectivity index (χ4n) is 4.23. The Balaban J connectivity index is 2.04. The standard InChI is InChI=1S/C30H34Cl3N3O4S/c1-4-6-17-34-30(38)28(5-2)35(19-22-9-16-26(32)27(33)18-22)29(37)20-36(24-12-7-21(3)8-13-24)41(39,40)25-14-10-23(31)11-15-25/h7-16,18,28H,4-6,17,19-20H2,1-3H3,(H,34,38)/t28-/m1/s1. The highest BCUT2D eigenvalue weighted by Crippen LogP contribution is 2.27. The van der Waals surface area contributed by atoms with Crippen LogP contribution < -0.4 is 9.62 Å². The van der Waals surface area contributed by atoms with Crippen LogP contribution in [0.3, 0.4) is 0 Å². The van der Waals surface area contributed by atoms with E-state index >= 15 is 0 Å². The van der Waals surface area contributed by atoms with Crippen molar-refractivity contribution >= 4 is 62.3 Å². The van der Waals surface area contributed by atoms with Gasteiger partial charge in [0.25, 0.3) is 10.0 Å². The van der Waals surface area contributed by atoms with Crippen molar-refractivity contribution in [3.8, 4) is 0 Å². The molecule has 11 heteroatoms. The third-order valence-corrected chi connectivity index (χ3v) is 9.33. The van der Waals surface area contributed by atoms with Crippen LogP contribution in [0.25, 0.3) is 0 Å². The van der Waals surface area contributed by atoms with Crippen molar-refractivity contribution in [1.29, 1.82) is 0 Å². The SMILES string of the molecule is CCCCNC(=O)[C@@H](CC)N(Cc1ccc(Cl)c(Cl)c1)C(=O)CN(c1ccc(C)cc1)S(=O)(=O)c1ccc(Cl)cc1. The van der Waals surface area contributed by atoms with Gasteiger partial charge in [-0.25, -0.2) is 8.42 Å². The Labute approximate surface area is 257 Å². The van der Waals surface area contributed by atoms with Crippen LogP contribution >= 0.6 is 34.8 Å². The summed E-state index contributed by atoms with van der Waals surface area (Å²) < 4.78 is 28.8. The molecule has 3 aromatic rings. The van der Waals surface area contributed by atoms with Gasteiger partial charge in [0.05, 0.1) is 20.6 Å². The maximum Gasteiger partial charge on any atom is 0.264 e. The quantitative estimate of drug-likeness (QED) is 0.207. The Morgan fingerprint density at radius 3 is 2.15 bits per heavy atom. The minimum Gasteiger partial charge on any atom is -0.354 e. The van der Waals surface area contributed by atoms with E-state index in [4.69, 9.17) is 34.8 Å². The number of nitrogens with one attached hydrogen (secondary N) is 1. The summed E-state index contributed by atoms with van der Waals surface area (Å²) in [5.41, 5.74) is 1.89. The summed E-state index contributed by atoms with van der Waals surface area (Å²) in [7, 11) is -4.18. The van der Waals surface area contributed by atoms with Gasteiger partial charge in [-0.3, -0.25) is 13.9 Å². The molecule has 0 aliphatic carbocycles. The monoisotopic (exact) mass is 637 g/mol. The number of carbonyl (C=O) groups excluding carboxylic acids is 2. The Bertz CT molecular complexity index is 1450. The zero-order chi connectivity index (χ0) is 30.2. The van der Waals surface area contributed by atoms with Gasteiger partial charge in [0.1, 0.15) is 12.6 Å². The number of aryl methyl sites for hydroxylation is 1. The van der Waals surface area contributed by atoms with Crippen molar-refractivity contribution in [1.82, 2.24) is 10.2 Å². The lowest BCUT2D eigenvalue weighted by Gasteiger charge is -2.33. The molecule has 0 aromatic heterocycles. The van der Waals surface area contributed by atoms with Crippen molar-refractivity contribution < 1.29 is 18.0 Å². The van der Waals surface area contributed by atoms with E-state index in [-0.39, 0.29) is 17.3 Å². The van der Waals surface area contributed by atoms with Crippen LogP contribution in [-0.4, -0.2) is 44.3 Å². The van der Waals surface area contributed by atoms with Crippen molar-refractivity contribution in [2.45, 2.75) is 57.5 Å². The molecule has 0 radical (unpaired) electrons. The molecule has 7 nitrogen and oxygen atoms in total. The van der Waals surface area contributed by atoms with Gasteiger partial charge in [0, 0.05) is 18.1 Å². The predicted molar refractivity (Wildman–Crippen MR) is 166 cm³/mol. The molecular formula is C30H34Cl3N3O4S. The van der Waals surface area contributed by atoms with Gasteiger partial charge in [0.15, 0.2) is 0 Å². The summed E-state index contributed by atoms with van der Waals surface area (Å²) in [5.74, 6) is -0.858. The van der Waals surface area contributed by atoms with Crippen molar-refractivity contribution in [3.63, 3.8) is 0 Å². The molecule has 3 aromatic carbocycles. The lowest BCUT2D eigenvalue weighted by atomic mass is 10.1. The zero-order valence-electron chi connectivity index (χ0n) is 23.2. The molecule has 0 aliphatic heterocycles. The van der Waals surface area contributed by atoms with E-state index in [0.717, 1.165) is 22.7 Å². The summed E-state index contributed by atoms with van der Waals surface area (Å²) in [5, 5.41) is 3.96. The number of amides is 2. The lowest BCUT2D eigenvalue weighted by Crippen LogP contribution is -2.52. The van der Waals surface area contributed by atoms with Gasteiger partial charge < -0.3 is 10.2 Å². The average Bonchev–Trinajstić information content (AvgIpc) is 2.94. The number of unbranched alkanes of at least 4 members (excludes halogenated alkanes) is 1. The van der Waals surface area contributed by atoms with Gasteiger partial charge in [-0.05, 0) is 73.9 Å². The minimum absolute atomic E-state index is 0.0179. The van der Waals surface area contributed by atoms with E-state index < -0.39 is 28.5 Å². The van der Waals surface area contributed by atoms with Crippen LogP contribution in [0.4, 0.5) is 5.69 Å². The molecule has 41 heavy (non-hydrogen) atoms. The lowest BCUT2D eigenvalue weighted by molar-refractivity contribution is -0.140. The molecule has 1 atom stereocenters. The molecule has 1 N–H and O–H groups in total. The van der Waals surface area contributed by atoms with Crippen molar-refractivity contribution in [3.05, 3.63) is 92.9 Å². The number of nitrogens with zero attached hydrogens (tertiary/aromatic N) is 2. The van der Waals surface area contributed by atoms with Crippen LogP contribution in [0.5, 0.6) is 0 Å². The highest BCUT2D eigenvalue weighted by molar-refractivity contribution is 7.92. The smallest absolute Gasteiger partial charge is 0.264 e. The number of rotatable bonds is 13. The van der Waals surface area contributed by atoms with Gasteiger partial charge in [0.2, 0.25) is 11.8 Å². The van der Waals surface area contributed by atoms with E-state index in [1.165, 1.54) is 29.2 Å². The average molecular weight is 639 g/mol. The highest BCUT2D eigenvalue weighted by Gasteiger charge is 2.33. The first-order valence-corrected chi connectivity index (χ1v) is 15.9. The van der Waals surface area contributed by atoms with Crippen molar-refractivity contribution in [2.75, 3.05) is 17.4 Å². The fraction of sp³-hybridized carbons (Fsp3) is 0.333. The molecule has 2 amide bonds. The molecule has 0 saturated heterocycles. The van der Waals surface area contributed by atoms with Crippen LogP contribution in [0, 0.1) is 6.92 Å². The molecule has 220 valence electrons. The molecule has 0 spiro atoms.